The summed E-state index contributed by atoms with van der Waals surface area (Å²) < 4.78 is 5.43. The molecule has 4 nitrogen and oxygen atoms in total. The first-order valence-electron chi connectivity index (χ1n) is 5.92. The third kappa shape index (κ3) is 2.25. The Kier molecular flexibility index (Phi) is 3.86. The second-order valence-corrected chi connectivity index (χ2v) is 5.49. The van der Waals surface area contributed by atoms with Crippen LogP contribution in [0, 0.1) is 0 Å². The Bertz CT molecular complexity index is 334. The van der Waals surface area contributed by atoms with E-state index in [0.29, 0.717) is 0 Å². The van der Waals surface area contributed by atoms with Crippen molar-refractivity contribution in [3.8, 4) is 0 Å². The lowest BCUT2D eigenvalue weighted by Crippen LogP contribution is -2.28. The summed E-state index contributed by atoms with van der Waals surface area (Å²) in [5.74, 6) is 3.60. The smallest absolute Gasteiger partial charge is 0.234 e. The van der Waals surface area contributed by atoms with E-state index in [-0.39, 0.29) is 5.41 Å². The van der Waals surface area contributed by atoms with E-state index in [9.17, 15) is 0 Å². The van der Waals surface area contributed by atoms with Gasteiger partial charge in [-0.25, -0.2) is 0 Å². The van der Waals surface area contributed by atoms with Crippen molar-refractivity contribution in [3.63, 3.8) is 0 Å². The van der Waals surface area contributed by atoms with Crippen LogP contribution in [-0.2, 0) is 11.2 Å². The first kappa shape index (κ1) is 11.9. The maximum Gasteiger partial charge on any atom is 0.234 e. The number of hydrogen-bond acceptors (Lipinski definition) is 5. The minimum Gasteiger partial charge on any atom is -0.339 e. The van der Waals surface area contributed by atoms with E-state index in [1.165, 1.54) is 0 Å². The average Bonchev–Trinajstić information content (AvgIpc) is 2.95. The van der Waals surface area contributed by atoms with E-state index < -0.39 is 0 Å². The molecule has 1 saturated heterocycles. The molecule has 1 aliphatic rings. The maximum atomic E-state index is 5.43. The Morgan fingerprint density at radius 1 is 1.50 bits per heavy atom. The minimum atomic E-state index is 0.0854. The van der Waals surface area contributed by atoms with Gasteiger partial charge in [0.25, 0.3) is 0 Å². The van der Waals surface area contributed by atoms with Gasteiger partial charge in [-0.05, 0) is 25.1 Å². The molecule has 90 valence electrons. The first-order chi connectivity index (χ1) is 7.80. The Balaban J connectivity index is 2.10. The lowest BCUT2D eigenvalue weighted by atomic mass is 9.84. The number of nitrogens with zero attached hydrogens (tertiary/aromatic N) is 2. The summed E-state index contributed by atoms with van der Waals surface area (Å²) in [5, 5.41) is 7.44. The summed E-state index contributed by atoms with van der Waals surface area (Å²) in [7, 11) is 0. The Morgan fingerprint density at radius 2 is 2.38 bits per heavy atom. The Morgan fingerprint density at radius 3 is 3.00 bits per heavy atom. The number of rotatable bonds is 5. The highest BCUT2D eigenvalue weighted by atomic mass is 32.2. The number of thioether (sulfide) groups is 1. The highest BCUT2D eigenvalue weighted by Crippen LogP contribution is 2.32. The van der Waals surface area contributed by atoms with Gasteiger partial charge in [-0.1, -0.05) is 19.0 Å². The summed E-state index contributed by atoms with van der Waals surface area (Å²) in [5.41, 5.74) is 0.0854. The van der Waals surface area contributed by atoms with Gasteiger partial charge in [-0.3, -0.25) is 0 Å². The molecule has 0 aromatic carbocycles. The molecule has 16 heavy (non-hydrogen) atoms. The van der Waals surface area contributed by atoms with Crippen LogP contribution < -0.4 is 5.32 Å². The van der Waals surface area contributed by atoms with Crippen molar-refractivity contribution >= 4 is 11.8 Å². The van der Waals surface area contributed by atoms with Gasteiger partial charge in [-0.15, -0.1) is 0 Å². The van der Waals surface area contributed by atoms with Crippen LogP contribution in [0.1, 0.15) is 38.4 Å². The quantitative estimate of drug-likeness (QED) is 0.854. The van der Waals surface area contributed by atoms with Crippen molar-refractivity contribution in [2.75, 3.05) is 18.8 Å². The van der Waals surface area contributed by atoms with Crippen LogP contribution in [0.2, 0.25) is 0 Å². The van der Waals surface area contributed by atoms with Gasteiger partial charge in [0.15, 0.2) is 5.82 Å². The molecule has 5 heteroatoms. The summed E-state index contributed by atoms with van der Waals surface area (Å²) >= 11 is 1.82. The van der Waals surface area contributed by atoms with Crippen molar-refractivity contribution in [1.29, 1.82) is 0 Å². The second kappa shape index (κ2) is 5.19. The van der Waals surface area contributed by atoms with Gasteiger partial charge in [0.1, 0.15) is 0 Å². The summed E-state index contributed by atoms with van der Waals surface area (Å²) in [4.78, 5) is 4.53. The van der Waals surface area contributed by atoms with Crippen LogP contribution in [0.25, 0.3) is 0 Å². The molecule has 2 heterocycles. The monoisotopic (exact) mass is 241 g/mol. The lowest BCUT2D eigenvalue weighted by molar-refractivity contribution is 0.284. The van der Waals surface area contributed by atoms with Crippen molar-refractivity contribution in [2.45, 2.75) is 37.9 Å². The highest BCUT2D eigenvalue weighted by molar-refractivity contribution is 7.98. The van der Waals surface area contributed by atoms with E-state index in [2.05, 4.69) is 29.3 Å². The van der Waals surface area contributed by atoms with Crippen LogP contribution in [0.5, 0.6) is 0 Å². The predicted molar refractivity (Wildman–Crippen MR) is 65.6 cm³/mol. The van der Waals surface area contributed by atoms with Crippen LogP contribution in [0.4, 0.5) is 0 Å². The number of nitrogens with one attached hydrogen (secondary N) is 1. The van der Waals surface area contributed by atoms with Gasteiger partial charge in [0, 0.05) is 6.54 Å². The fourth-order valence-corrected chi connectivity index (χ4v) is 2.60. The van der Waals surface area contributed by atoms with E-state index in [4.69, 9.17) is 4.52 Å². The molecule has 1 aromatic heterocycles. The zero-order valence-corrected chi connectivity index (χ0v) is 10.8. The zero-order valence-electron chi connectivity index (χ0n) is 9.95. The zero-order chi connectivity index (χ0) is 11.4. The van der Waals surface area contributed by atoms with Gasteiger partial charge in [0.05, 0.1) is 11.2 Å². The SMILES string of the molecule is CCSCc1noc(C2(CC)CCNC2)n1. The van der Waals surface area contributed by atoms with Gasteiger partial charge >= 0.3 is 0 Å². The molecular formula is C11H19N3OS. The third-order valence-electron chi connectivity index (χ3n) is 3.28. The fraction of sp³-hybridized carbons (Fsp3) is 0.818. The third-order valence-corrected chi connectivity index (χ3v) is 4.15. The minimum absolute atomic E-state index is 0.0854. The Labute approximate surface area is 101 Å². The Hall–Kier alpha value is -0.550. The topological polar surface area (TPSA) is 51.0 Å². The lowest BCUT2D eigenvalue weighted by Gasteiger charge is -2.20. The molecule has 1 unspecified atom stereocenters. The van der Waals surface area contributed by atoms with Gasteiger partial charge in [-0.2, -0.15) is 16.7 Å². The van der Waals surface area contributed by atoms with Crippen molar-refractivity contribution in [3.05, 3.63) is 11.7 Å². The van der Waals surface area contributed by atoms with E-state index in [1.807, 2.05) is 11.8 Å². The molecule has 1 aromatic rings. The van der Waals surface area contributed by atoms with Crippen LogP contribution in [0.3, 0.4) is 0 Å². The van der Waals surface area contributed by atoms with Crippen LogP contribution in [-0.4, -0.2) is 29.0 Å². The standard InChI is InChI=1S/C11H19N3OS/c1-3-11(5-6-12-8-11)10-13-9(14-15-10)7-16-4-2/h12H,3-8H2,1-2H3. The fourth-order valence-electron chi connectivity index (χ4n) is 2.10. The normalized spacial score (nSPS) is 25.1. The summed E-state index contributed by atoms with van der Waals surface area (Å²) in [6.07, 6.45) is 2.16. The van der Waals surface area contributed by atoms with Gasteiger partial charge < -0.3 is 9.84 Å². The molecule has 0 saturated carbocycles. The molecule has 0 spiro atoms. The highest BCUT2D eigenvalue weighted by Gasteiger charge is 2.39. The molecule has 1 fully saturated rings. The van der Waals surface area contributed by atoms with Crippen molar-refractivity contribution in [2.24, 2.45) is 0 Å². The predicted octanol–water partition coefficient (Wildman–Crippen LogP) is 1.96. The van der Waals surface area contributed by atoms with Crippen molar-refractivity contribution in [1.82, 2.24) is 15.5 Å². The molecular weight excluding hydrogens is 222 g/mol. The average molecular weight is 241 g/mol. The molecule has 0 bridgehead atoms. The van der Waals surface area contributed by atoms with E-state index in [1.54, 1.807) is 0 Å². The molecule has 1 atom stereocenters. The molecule has 0 amide bonds. The molecule has 1 N–H and O–H groups in total. The van der Waals surface area contributed by atoms with Crippen LogP contribution in [0.15, 0.2) is 4.52 Å². The van der Waals surface area contributed by atoms with E-state index >= 15 is 0 Å². The molecule has 1 aliphatic heterocycles. The summed E-state index contributed by atoms with van der Waals surface area (Å²) in [6.45, 7) is 6.35. The number of hydrogen-bond donors (Lipinski definition) is 1. The van der Waals surface area contributed by atoms with Gasteiger partial charge in [0.2, 0.25) is 5.89 Å². The molecule has 0 radical (unpaired) electrons. The molecule has 2 rings (SSSR count). The van der Waals surface area contributed by atoms with E-state index in [0.717, 1.165) is 49.2 Å². The number of aromatic nitrogens is 2. The first-order valence-corrected chi connectivity index (χ1v) is 7.08. The molecule has 0 aliphatic carbocycles. The van der Waals surface area contributed by atoms with Crippen LogP contribution >= 0.6 is 11.8 Å². The second-order valence-electron chi connectivity index (χ2n) is 4.21. The summed E-state index contributed by atoms with van der Waals surface area (Å²) in [6, 6.07) is 0. The van der Waals surface area contributed by atoms with Crippen molar-refractivity contribution < 1.29 is 4.52 Å². The maximum absolute atomic E-state index is 5.43. The largest absolute Gasteiger partial charge is 0.339 e.